The van der Waals surface area contributed by atoms with Crippen molar-refractivity contribution >= 4 is 15.9 Å². The predicted molar refractivity (Wildman–Crippen MR) is 67.6 cm³/mol. The van der Waals surface area contributed by atoms with Crippen molar-refractivity contribution in [2.75, 3.05) is 20.3 Å². The molecule has 2 rings (SSSR count). The third kappa shape index (κ3) is 3.14. The standard InChI is InChI=1S/C12H13BrF3NO2/c1-17-11(12(14,15)16)7-5-9-10(6-8(7)13)19-4-2-3-18-9/h5-6,11,17H,2-4H2,1H3. The van der Waals surface area contributed by atoms with E-state index < -0.39 is 12.2 Å². The van der Waals surface area contributed by atoms with Crippen LogP contribution in [0.2, 0.25) is 0 Å². The molecule has 0 aliphatic carbocycles. The summed E-state index contributed by atoms with van der Waals surface area (Å²) in [5.41, 5.74) is 0.0826. The Labute approximate surface area is 117 Å². The molecule has 0 fully saturated rings. The van der Waals surface area contributed by atoms with Crippen LogP contribution in [-0.4, -0.2) is 26.4 Å². The van der Waals surface area contributed by atoms with Gasteiger partial charge in [0.2, 0.25) is 0 Å². The van der Waals surface area contributed by atoms with Crippen LogP contribution in [0.1, 0.15) is 18.0 Å². The van der Waals surface area contributed by atoms with Crippen molar-refractivity contribution in [1.82, 2.24) is 5.32 Å². The molecule has 3 nitrogen and oxygen atoms in total. The van der Waals surface area contributed by atoms with Crippen molar-refractivity contribution in [2.24, 2.45) is 0 Å². The first-order chi connectivity index (χ1) is 8.93. The molecule has 0 saturated carbocycles. The number of halogens is 4. The van der Waals surface area contributed by atoms with Crippen molar-refractivity contribution in [1.29, 1.82) is 0 Å². The first-order valence-corrected chi connectivity index (χ1v) is 6.56. The third-order valence-electron chi connectivity index (χ3n) is 2.79. The Hall–Kier alpha value is -0.950. The van der Waals surface area contributed by atoms with Crippen LogP contribution < -0.4 is 14.8 Å². The second-order valence-corrected chi connectivity index (χ2v) is 4.99. The van der Waals surface area contributed by atoms with Crippen LogP contribution in [0, 0.1) is 0 Å². The fourth-order valence-electron chi connectivity index (χ4n) is 1.92. The molecular formula is C12H13BrF3NO2. The fraction of sp³-hybridized carbons (Fsp3) is 0.500. The number of rotatable bonds is 2. The fourth-order valence-corrected chi connectivity index (χ4v) is 2.47. The maximum Gasteiger partial charge on any atom is 0.407 e. The molecule has 1 aliphatic rings. The zero-order valence-corrected chi connectivity index (χ0v) is 11.8. The molecule has 1 aromatic carbocycles. The lowest BCUT2D eigenvalue weighted by atomic mass is 10.1. The zero-order chi connectivity index (χ0) is 14.0. The average molecular weight is 340 g/mol. The molecule has 1 heterocycles. The molecule has 0 saturated heterocycles. The third-order valence-corrected chi connectivity index (χ3v) is 3.48. The average Bonchev–Trinajstić information content (AvgIpc) is 2.53. The van der Waals surface area contributed by atoms with Gasteiger partial charge in [0.1, 0.15) is 6.04 Å². The quantitative estimate of drug-likeness (QED) is 0.895. The molecule has 1 aliphatic heterocycles. The monoisotopic (exact) mass is 339 g/mol. The lowest BCUT2D eigenvalue weighted by Gasteiger charge is -2.22. The molecule has 0 bridgehead atoms. The van der Waals surface area contributed by atoms with Gasteiger partial charge in [-0.2, -0.15) is 13.2 Å². The van der Waals surface area contributed by atoms with Gasteiger partial charge in [0.15, 0.2) is 11.5 Å². The molecule has 1 N–H and O–H groups in total. The summed E-state index contributed by atoms with van der Waals surface area (Å²) in [6.07, 6.45) is -3.67. The Balaban J connectivity index is 2.43. The van der Waals surface area contributed by atoms with Crippen LogP contribution in [0.15, 0.2) is 16.6 Å². The van der Waals surface area contributed by atoms with E-state index in [-0.39, 0.29) is 5.56 Å². The topological polar surface area (TPSA) is 30.5 Å². The van der Waals surface area contributed by atoms with Crippen molar-refractivity contribution in [3.63, 3.8) is 0 Å². The maximum atomic E-state index is 12.9. The van der Waals surface area contributed by atoms with Crippen LogP contribution in [0.4, 0.5) is 13.2 Å². The van der Waals surface area contributed by atoms with E-state index in [1.165, 1.54) is 19.2 Å². The number of nitrogens with one attached hydrogen (secondary N) is 1. The molecule has 0 amide bonds. The van der Waals surface area contributed by atoms with E-state index in [4.69, 9.17) is 9.47 Å². The number of hydrogen-bond donors (Lipinski definition) is 1. The van der Waals surface area contributed by atoms with Gasteiger partial charge in [-0.15, -0.1) is 0 Å². The summed E-state index contributed by atoms with van der Waals surface area (Å²) in [5.74, 6) is 0.811. The number of fused-ring (bicyclic) bond motifs is 1. The minimum Gasteiger partial charge on any atom is -0.490 e. The Kier molecular flexibility index (Phi) is 4.25. The van der Waals surface area contributed by atoms with Crippen LogP contribution in [0.25, 0.3) is 0 Å². The van der Waals surface area contributed by atoms with Crippen molar-refractivity contribution in [3.8, 4) is 11.5 Å². The Morgan fingerprint density at radius 3 is 2.32 bits per heavy atom. The summed E-state index contributed by atoms with van der Waals surface area (Å²) in [5, 5.41) is 2.27. The summed E-state index contributed by atoms with van der Waals surface area (Å²) in [4.78, 5) is 0. The van der Waals surface area contributed by atoms with Crippen molar-refractivity contribution in [3.05, 3.63) is 22.2 Å². The van der Waals surface area contributed by atoms with Crippen molar-refractivity contribution in [2.45, 2.75) is 18.6 Å². The highest BCUT2D eigenvalue weighted by Crippen LogP contribution is 2.42. The molecule has 0 spiro atoms. The first-order valence-electron chi connectivity index (χ1n) is 5.76. The number of ether oxygens (including phenoxy) is 2. The highest BCUT2D eigenvalue weighted by atomic mass is 79.9. The Morgan fingerprint density at radius 1 is 1.21 bits per heavy atom. The molecule has 1 atom stereocenters. The van der Waals surface area contributed by atoms with Crippen LogP contribution >= 0.6 is 15.9 Å². The summed E-state index contributed by atoms with van der Waals surface area (Å²) >= 11 is 3.16. The highest BCUT2D eigenvalue weighted by Gasteiger charge is 2.41. The van der Waals surface area contributed by atoms with Crippen molar-refractivity contribution < 1.29 is 22.6 Å². The molecule has 1 unspecified atom stereocenters. The molecular weight excluding hydrogens is 327 g/mol. The van der Waals surface area contributed by atoms with Gasteiger partial charge in [-0.05, 0) is 24.7 Å². The maximum absolute atomic E-state index is 12.9. The van der Waals surface area contributed by atoms with Gasteiger partial charge in [0.05, 0.1) is 13.2 Å². The van der Waals surface area contributed by atoms with Gasteiger partial charge in [-0.1, -0.05) is 15.9 Å². The highest BCUT2D eigenvalue weighted by molar-refractivity contribution is 9.10. The van der Waals surface area contributed by atoms with E-state index in [1.54, 1.807) is 0 Å². The summed E-state index contributed by atoms with van der Waals surface area (Å²) in [6, 6.07) is 1.14. The van der Waals surface area contributed by atoms with Crippen LogP contribution in [-0.2, 0) is 0 Å². The summed E-state index contributed by atoms with van der Waals surface area (Å²) in [7, 11) is 1.27. The molecule has 0 aromatic heterocycles. The number of benzene rings is 1. The van der Waals surface area contributed by atoms with E-state index in [0.29, 0.717) is 35.6 Å². The normalized spacial score (nSPS) is 16.9. The van der Waals surface area contributed by atoms with E-state index >= 15 is 0 Å². The summed E-state index contributed by atoms with van der Waals surface area (Å²) in [6.45, 7) is 0.928. The van der Waals surface area contributed by atoms with Gasteiger partial charge in [-0.25, -0.2) is 0 Å². The minimum absolute atomic E-state index is 0.0826. The lowest BCUT2D eigenvalue weighted by molar-refractivity contribution is -0.156. The Bertz CT molecular complexity index is 465. The molecule has 19 heavy (non-hydrogen) atoms. The smallest absolute Gasteiger partial charge is 0.407 e. The van der Waals surface area contributed by atoms with E-state index in [0.717, 1.165) is 0 Å². The second kappa shape index (κ2) is 5.58. The predicted octanol–water partition coefficient (Wildman–Crippen LogP) is 3.43. The van der Waals surface area contributed by atoms with E-state index in [9.17, 15) is 13.2 Å². The molecule has 0 radical (unpaired) electrons. The van der Waals surface area contributed by atoms with Crippen LogP contribution in [0.5, 0.6) is 11.5 Å². The van der Waals surface area contributed by atoms with E-state index in [2.05, 4.69) is 21.2 Å². The second-order valence-electron chi connectivity index (χ2n) is 4.13. The summed E-state index contributed by atoms with van der Waals surface area (Å²) < 4.78 is 50.0. The first kappa shape index (κ1) is 14.5. The van der Waals surface area contributed by atoms with Gasteiger partial charge in [0.25, 0.3) is 0 Å². The number of alkyl halides is 3. The van der Waals surface area contributed by atoms with Gasteiger partial charge in [0, 0.05) is 10.9 Å². The lowest BCUT2D eigenvalue weighted by Crippen LogP contribution is -2.31. The molecule has 106 valence electrons. The SMILES string of the molecule is CNC(c1cc2c(cc1Br)OCCCO2)C(F)(F)F. The Morgan fingerprint density at radius 2 is 1.79 bits per heavy atom. The van der Waals surface area contributed by atoms with Gasteiger partial charge >= 0.3 is 6.18 Å². The van der Waals surface area contributed by atoms with Gasteiger partial charge in [-0.3, -0.25) is 0 Å². The van der Waals surface area contributed by atoms with Gasteiger partial charge < -0.3 is 14.8 Å². The van der Waals surface area contributed by atoms with Crippen LogP contribution in [0.3, 0.4) is 0 Å². The molecule has 1 aromatic rings. The molecule has 7 heteroatoms. The van der Waals surface area contributed by atoms with E-state index in [1.807, 2.05) is 0 Å². The zero-order valence-electron chi connectivity index (χ0n) is 10.2. The number of hydrogen-bond acceptors (Lipinski definition) is 3. The largest absolute Gasteiger partial charge is 0.490 e. The minimum atomic E-state index is -4.38.